The number of benzene rings is 2. The second-order valence-corrected chi connectivity index (χ2v) is 23.3. The predicted molar refractivity (Wildman–Crippen MR) is 271 cm³/mol. The van der Waals surface area contributed by atoms with Crippen LogP contribution in [-0.2, 0) is 0 Å². The van der Waals surface area contributed by atoms with Crippen LogP contribution in [-0.4, -0.2) is 0 Å². The van der Waals surface area contributed by atoms with Gasteiger partial charge in [0.15, 0.2) is 0 Å². The van der Waals surface area contributed by atoms with E-state index in [1.54, 1.807) is 0 Å². The van der Waals surface area contributed by atoms with Crippen molar-refractivity contribution in [2.45, 2.75) is 256 Å². The quantitative estimate of drug-likeness (QED) is 0.116. The second-order valence-electron chi connectivity index (χ2n) is 23.3. The fourth-order valence-corrected chi connectivity index (χ4v) is 14.9. The van der Waals surface area contributed by atoms with E-state index in [4.69, 9.17) is 0 Å². The van der Waals surface area contributed by atoms with Gasteiger partial charge >= 0.3 is 0 Å². The maximum atomic E-state index is 15.2. The number of halogens is 2. The summed E-state index contributed by atoms with van der Waals surface area (Å²) in [4.78, 5) is 0. The van der Waals surface area contributed by atoms with E-state index in [1.165, 1.54) is 223 Å². The van der Waals surface area contributed by atoms with Crippen molar-refractivity contribution in [2.75, 3.05) is 0 Å². The van der Waals surface area contributed by atoms with E-state index >= 15 is 8.78 Å². The highest BCUT2D eigenvalue weighted by atomic mass is 19.1. The number of hydrogen-bond acceptors (Lipinski definition) is 0. The molecule has 0 aliphatic heterocycles. The summed E-state index contributed by atoms with van der Waals surface area (Å²) in [5.41, 5.74) is 4.58. The van der Waals surface area contributed by atoms with Gasteiger partial charge in [0.05, 0.1) is 0 Å². The third-order valence-corrected chi connectivity index (χ3v) is 19.5. The standard InChI is InChI=1S/C31H49F.C31H47F/c2*1-3-5-6-7-24-10-14-27(15-11-24)29-20-21-30(31(32)22-29)28-18-16-26(17-19-28)25-12-8-23(4-2)9-13-25/h20-28H,3-19H2,1-2H3;4,20-28H,2-3,5-19H2,1H3. The number of rotatable bonds is 16. The normalized spacial score (nSPS) is 33.8. The van der Waals surface area contributed by atoms with E-state index < -0.39 is 0 Å². The first-order chi connectivity index (χ1) is 31.3. The van der Waals surface area contributed by atoms with Crippen LogP contribution in [0.25, 0.3) is 0 Å². The topological polar surface area (TPSA) is 0 Å². The van der Waals surface area contributed by atoms with Crippen LogP contribution in [0.2, 0.25) is 0 Å². The van der Waals surface area contributed by atoms with Crippen LogP contribution >= 0.6 is 0 Å². The molecule has 8 rings (SSSR count). The monoisotopic (exact) mass is 879 g/mol. The van der Waals surface area contributed by atoms with Gasteiger partial charge in [-0.3, -0.25) is 0 Å². The molecule has 0 amide bonds. The average Bonchev–Trinajstić information content (AvgIpc) is 3.35. The summed E-state index contributed by atoms with van der Waals surface area (Å²) in [6, 6.07) is 12.8. The number of hydrogen-bond donors (Lipinski definition) is 0. The Bertz CT molecular complexity index is 1610. The fraction of sp³-hybridized carbons (Fsp3) is 0.774. The Labute approximate surface area is 393 Å². The molecular weight excluding hydrogens is 783 g/mol. The summed E-state index contributed by atoms with van der Waals surface area (Å²) >= 11 is 0. The SMILES string of the molecule is C=CC1CCC(C2CCC(c3ccc(C4CCC(CCCCC)CC4)cc3F)CC2)CC1.CCCCCC1CCC(c2ccc(C3CCC(C4CCC(CC)CC4)CC3)c(F)c2)CC1. The fourth-order valence-electron chi connectivity index (χ4n) is 14.9. The molecule has 0 spiro atoms. The van der Waals surface area contributed by atoms with Gasteiger partial charge in [-0.25, -0.2) is 8.78 Å². The largest absolute Gasteiger partial charge is 0.207 e. The lowest BCUT2D eigenvalue weighted by molar-refractivity contribution is 0.158. The van der Waals surface area contributed by atoms with Crippen molar-refractivity contribution in [3.8, 4) is 0 Å². The van der Waals surface area contributed by atoms with E-state index in [0.717, 1.165) is 58.5 Å². The predicted octanol–water partition coefficient (Wildman–Crippen LogP) is 20.1. The lowest BCUT2D eigenvalue weighted by atomic mass is 9.68. The smallest absolute Gasteiger partial charge is 0.126 e. The highest BCUT2D eigenvalue weighted by molar-refractivity contribution is 5.31. The van der Waals surface area contributed by atoms with Gasteiger partial charge in [0.25, 0.3) is 0 Å². The molecule has 0 aromatic heterocycles. The highest BCUT2D eigenvalue weighted by Crippen LogP contribution is 2.47. The minimum absolute atomic E-state index is 0.0857. The molecule has 0 saturated heterocycles. The Balaban J connectivity index is 0.000000191. The molecule has 64 heavy (non-hydrogen) atoms. The van der Waals surface area contributed by atoms with Gasteiger partial charge in [-0.1, -0.05) is 122 Å². The van der Waals surface area contributed by atoms with Crippen LogP contribution in [0.4, 0.5) is 8.78 Å². The lowest BCUT2D eigenvalue weighted by Gasteiger charge is -2.38. The summed E-state index contributed by atoms with van der Waals surface area (Å²) in [6.07, 6.45) is 46.3. The molecule has 0 radical (unpaired) electrons. The first kappa shape index (κ1) is 49.9. The summed E-state index contributed by atoms with van der Waals surface area (Å²) in [6.45, 7) is 10.9. The first-order valence-electron chi connectivity index (χ1n) is 28.6. The van der Waals surface area contributed by atoms with E-state index in [1.807, 2.05) is 12.1 Å². The molecule has 6 aliphatic rings. The second kappa shape index (κ2) is 26.0. The number of unbranched alkanes of at least 4 members (excludes halogenated alkanes) is 4. The third kappa shape index (κ3) is 14.1. The minimum Gasteiger partial charge on any atom is -0.207 e. The molecule has 0 unspecified atom stereocenters. The molecule has 6 aliphatic carbocycles. The Kier molecular flexibility index (Phi) is 20.3. The van der Waals surface area contributed by atoms with Gasteiger partial charge in [-0.05, 0) is 247 Å². The van der Waals surface area contributed by atoms with Crippen molar-refractivity contribution in [1.82, 2.24) is 0 Å². The van der Waals surface area contributed by atoms with Crippen molar-refractivity contribution < 1.29 is 8.78 Å². The molecule has 2 aromatic carbocycles. The molecule has 2 heteroatoms. The van der Waals surface area contributed by atoms with Gasteiger partial charge < -0.3 is 0 Å². The average molecular weight is 879 g/mol. The maximum Gasteiger partial charge on any atom is 0.126 e. The number of allylic oxidation sites excluding steroid dienone is 1. The van der Waals surface area contributed by atoms with Gasteiger partial charge in [0.2, 0.25) is 0 Å². The van der Waals surface area contributed by atoms with Crippen molar-refractivity contribution in [3.05, 3.63) is 82.9 Å². The molecule has 358 valence electrons. The molecule has 0 nitrogen and oxygen atoms in total. The summed E-state index contributed by atoms with van der Waals surface area (Å²) in [7, 11) is 0. The summed E-state index contributed by atoms with van der Waals surface area (Å²) < 4.78 is 30.4. The van der Waals surface area contributed by atoms with Crippen LogP contribution < -0.4 is 0 Å². The molecular formula is C62H96F2. The van der Waals surface area contributed by atoms with E-state index in [9.17, 15) is 0 Å². The van der Waals surface area contributed by atoms with Crippen LogP contribution in [0.15, 0.2) is 49.1 Å². The molecule has 0 heterocycles. The zero-order valence-corrected chi connectivity index (χ0v) is 41.8. The lowest BCUT2D eigenvalue weighted by Crippen LogP contribution is -2.25. The maximum absolute atomic E-state index is 15.2. The highest BCUT2D eigenvalue weighted by Gasteiger charge is 2.34. The Morgan fingerprint density at radius 3 is 1.11 bits per heavy atom. The first-order valence-corrected chi connectivity index (χ1v) is 28.6. The van der Waals surface area contributed by atoms with Crippen LogP contribution in [0.5, 0.6) is 0 Å². The van der Waals surface area contributed by atoms with Gasteiger partial charge in [-0.15, -0.1) is 6.58 Å². The van der Waals surface area contributed by atoms with E-state index in [-0.39, 0.29) is 11.6 Å². The summed E-state index contributed by atoms with van der Waals surface area (Å²) in [5.74, 6) is 9.53. The molecule has 0 atom stereocenters. The van der Waals surface area contributed by atoms with E-state index in [2.05, 4.69) is 57.7 Å². The zero-order chi connectivity index (χ0) is 44.7. The molecule has 2 aromatic rings. The van der Waals surface area contributed by atoms with Gasteiger partial charge in [-0.2, -0.15) is 0 Å². The van der Waals surface area contributed by atoms with Crippen molar-refractivity contribution in [3.63, 3.8) is 0 Å². The van der Waals surface area contributed by atoms with Crippen molar-refractivity contribution in [2.24, 2.45) is 47.3 Å². The molecule has 6 saturated carbocycles. The zero-order valence-electron chi connectivity index (χ0n) is 41.8. The molecule has 0 N–H and O–H groups in total. The van der Waals surface area contributed by atoms with Crippen LogP contribution in [0, 0.1) is 59.0 Å². The van der Waals surface area contributed by atoms with Crippen molar-refractivity contribution >= 4 is 0 Å². The summed E-state index contributed by atoms with van der Waals surface area (Å²) in [5, 5.41) is 0. The van der Waals surface area contributed by atoms with Crippen LogP contribution in [0.1, 0.15) is 279 Å². The molecule has 0 bridgehead atoms. The Morgan fingerprint density at radius 1 is 0.422 bits per heavy atom. The third-order valence-electron chi connectivity index (χ3n) is 19.5. The molecule has 6 fully saturated rings. The Morgan fingerprint density at radius 2 is 0.766 bits per heavy atom. The van der Waals surface area contributed by atoms with Crippen molar-refractivity contribution in [1.29, 1.82) is 0 Å². The Hall–Kier alpha value is -1.96. The van der Waals surface area contributed by atoms with Gasteiger partial charge in [0, 0.05) is 0 Å². The minimum atomic E-state index is 0.0857. The van der Waals surface area contributed by atoms with Gasteiger partial charge in [0.1, 0.15) is 11.6 Å². The van der Waals surface area contributed by atoms with E-state index in [0.29, 0.717) is 23.7 Å². The van der Waals surface area contributed by atoms with Crippen LogP contribution in [0.3, 0.4) is 0 Å².